The summed E-state index contributed by atoms with van der Waals surface area (Å²) in [5, 5.41) is 14.2. The molecule has 5 nitrogen and oxygen atoms in total. The van der Waals surface area contributed by atoms with Gasteiger partial charge in [-0.3, -0.25) is 10.1 Å². The van der Waals surface area contributed by atoms with Gasteiger partial charge in [0.05, 0.1) is 4.92 Å². The third kappa shape index (κ3) is 3.08. The quantitative estimate of drug-likeness (QED) is 0.667. The summed E-state index contributed by atoms with van der Waals surface area (Å²) in [6, 6.07) is 5.08. The smallest absolute Gasteiger partial charge is 0.289 e. The molecule has 6 heteroatoms. The molecule has 2 rings (SSSR count). The van der Waals surface area contributed by atoms with Gasteiger partial charge in [-0.05, 0) is 25.0 Å². The number of hydrogen-bond acceptors (Lipinski definition) is 4. The second-order valence-corrected chi connectivity index (χ2v) is 4.36. The summed E-state index contributed by atoms with van der Waals surface area (Å²) in [7, 11) is 0. The van der Waals surface area contributed by atoms with Gasteiger partial charge < -0.3 is 10.1 Å². The van der Waals surface area contributed by atoms with E-state index in [0.29, 0.717) is 6.04 Å². The predicted octanol–water partition coefficient (Wildman–Crippen LogP) is 2.84. The van der Waals surface area contributed by atoms with Crippen molar-refractivity contribution in [3.05, 3.63) is 33.3 Å². The first-order valence-corrected chi connectivity index (χ1v) is 5.83. The molecule has 1 fully saturated rings. The summed E-state index contributed by atoms with van der Waals surface area (Å²) in [5.41, 5.74) is 0.664. The molecule has 0 aromatic heterocycles. The van der Waals surface area contributed by atoms with Crippen LogP contribution in [0.4, 0.5) is 11.4 Å². The second-order valence-electron chi connectivity index (χ2n) is 3.95. The SMILES string of the molecule is O=[N+]([O-])c1cc(NC2CCOCC2)ccc1Cl. The molecule has 1 aromatic carbocycles. The van der Waals surface area contributed by atoms with Gasteiger partial charge in [-0.1, -0.05) is 11.6 Å². The average molecular weight is 257 g/mol. The Hall–Kier alpha value is -1.33. The fourth-order valence-corrected chi connectivity index (χ4v) is 2.01. The van der Waals surface area contributed by atoms with Crippen molar-refractivity contribution < 1.29 is 9.66 Å². The molecule has 1 saturated heterocycles. The molecule has 0 saturated carbocycles. The van der Waals surface area contributed by atoms with Gasteiger partial charge in [-0.2, -0.15) is 0 Å². The van der Waals surface area contributed by atoms with E-state index in [2.05, 4.69) is 5.32 Å². The second kappa shape index (κ2) is 5.33. The van der Waals surface area contributed by atoms with Crippen LogP contribution in [-0.4, -0.2) is 24.2 Å². The minimum atomic E-state index is -0.475. The van der Waals surface area contributed by atoms with E-state index in [1.54, 1.807) is 12.1 Å². The van der Waals surface area contributed by atoms with Gasteiger partial charge in [0.25, 0.3) is 5.69 Å². The average Bonchev–Trinajstić information content (AvgIpc) is 2.32. The molecule has 1 N–H and O–H groups in total. The van der Waals surface area contributed by atoms with Crippen molar-refractivity contribution in [2.45, 2.75) is 18.9 Å². The van der Waals surface area contributed by atoms with E-state index in [4.69, 9.17) is 16.3 Å². The number of benzene rings is 1. The van der Waals surface area contributed by atoms with Crippen LogP contribution >= 0.6 is 11.6 Å². The fraction of sp³-hybridized carbons (Fsp3) is 0.455. The Bertz CT molecular complexity index is 419. The highest BCUT2D eigenvalue weighted by atomic mass is 35.5. The van der Waals surface area contributed by atoms with Crippen molar-refractivity contribution in [1.82, 2.24) is 0 Å². The molecule has 92 valence electrons. The first-order valence-electron chi connectivity index (χ1n) is 5.45. The molecule has 1 aromatic rings. The number of anilines is 1. The van der Waals surface area contributed by atoms with Crippen LogP contribution in [0.2, 0.25) is 5.02 Å². The Balaban J connectivity index is 2.10. The van der Waals surface area contributed by atoms with Crippen molar-refractivity contribution in [1.29, 1.82) is 0 Å². The third-order valence-electron chi connectivity index (χ3n) is 2.73. The highest BCUT2D eigenvalue weighted by molar-refractivity contribution is 6.32. The van der Waals surface area contributed by atoms with Crippen LogP contribution in [0.1, 0.15) is 12.8 Å². The minimum Gasteiger partial charge on any atom is -0.382 e. The molecule has 0 amide bonds. The lowest BCUT2D eigenvalue weighted by Crippen LogP contribution is -2.27. The summed E-state index contributed by atoms with van der Waals surface area (Å²) in [5.74, 6) is 0. The highest BCUT2D eigenvalue weighted by Crippen LogP contribution is 2.28. The van der Waals surface area contributed by atoms with Gasteiger partial charge in [0.2, 0.25) is 0 Å². The zero-order valence-electron chi connectivity index (χ0n) is 9.19. The van der Waals surface area contributed by atoms with E-state index in [-0.39, 0.29) is 10.7 Å². The Labute approximate surface area is 104 Å². The van der Waals surface area contributed by atoms with E-state index in [1.807, 2.05) is 0 Å². The van der Waals surface area contributed by atoms with E-state index in [1.165, 1.54) is 6.07 Å². The van der Waals surface area contributed by atoms with Crippen molar-refractivity contribution in [3.63, 3.8) is 0 Å². The zero-order valence-corrected chi connectivity index (χ0v) is 9.94. The van der Waals surface area contributed by atoms with Crippen LogP contribution in [0.15, 0.2) is 18.2 Å². The summed E-state index contributed by atoms with van der Waals surface area (Å²) in [6.45, 7) is 1.46. The van der Waals surface area contributed by atoms with Crippen molar-refractivity contribution >= 4 is 23.0 Å². The number of halogens is 1. The standard InChI is InChI=1S/C11H13ClN2O3/c12-10-2-1-9(7-11(10)14(15)16)13-8-3-5-17-6-4-8/h1-2,7-8,13H,3-6H2. The van der Waals surface area contributed by atoms with E-state index in [9.17, 15) is 10.1 Å². The molecule has 0 aliphatic carbocycles. The fourth-order valence-electron chi connectivity index (χ4n) is 1.82. The summed E-state index contributed by atoms with van der Waals surface area (Å²) < 4.78 is 5.25. The Morgan fingerprint density at radius 3 is 2.76 bits per heavy atom. The van der Waals surface area contributed by atoms with Crippen LogP contribution in [0.5, 0.6) is 0 Å². The summed E-state index contributed by atoms with van der Waals surface area (Å²) >= 11 is 5.74. The monoisotopic (exact) mass is 256 g/mol. The lowest BCUT2D eigenvalue weighted by Gasteiger charge is -2.24. The molecule has 0 radical (unpaired) electrons. The van der Waals surface area contributed by atoms with Gasteiger partial charge >= 0.3 is 0 Å². The van der Waals surface area contributed by atoms with Gasteiger partial charge in [0.15, 0.2) is 0 Å². The maximum absolute atomic E-state index is 10.7. The van der Waals surface area contributed by atoms with E-state index >= 15 is 0 Å². The first-order chi connectivity index (χ1) is 8.16. The van der Waals surface area contributed by atoms with E-state index < -0.39 is 4.92 Å². The van der Waals surface area contributed by atoms with Crippen molar-refractivity contribution in [2.24, 2.45) is 0 Å². The van der Waals surface area contributed by atoms with Crippen molar-refractivity contribution in [2.75, 3.05) is 18.5 Å². The topological polar surface area (TPSA) is 64.4 Å². The molecule has 0 unspecified atom stereocenters. The summed E-state index contributed by atoms with van der Waals surface area (Å²) in [4.78, 5) is 10.3. The number of nitrogens with one attached hydrogen (secondary N) is 1. The molecular formula is C11H13ClN2O3. The van der Waals surface area contributed by atoms with Gasteiger partial charge in [-0.15, -0.1) is 0 Å². The lowest BCUT2D eigenvalue weighted by atomic mass is 10.1. The Morgan fingerprint density at radius 2 is 2.12 bits per heavy atom. The lowest BCUT2D eigenvalue weighted by molar-refractivity contribution is -0.384. The van der Waals surface area contributed by atoms with Crippen LogP contribution in [0.25, 0.3) is 0 Å². The maximum atomic E-state index is 10.7. The number of nitro groups is 1. The number of ether oxygens (including phenoxy) is 1. The van der Waals surface area contributed by atoms with Crippen LogP contribution in [0.3, 0.4) is 0 Å². The maximum Gasteiger partial charge on any atom is 0.289 e. The Morgan fingerprint density at radius 1 is 1.41 bits per heavy atom. The molecule has 1 aliphatic rings. The van der Waals surface area contributed by atoms with Gasteiger partial charge in [0, 0.05) is 31.0 Å². The zero-order chi connectivity index (χ0) is 12.3. The van der Waals surface area contributed by atoms with E-state index in [0.717, 1.165) is 31.7 Å². The van der Waals surface area contributed by atoms with Crippen LogP contribution < -0.4 is 5.32 Å². The minimum absolute atomic E-state index is 0.0660. The van der Waals surface area contributed by atoms with Gasteiger partial charge in [0.1, 0.15) is 5.02 Å². The molecule has 0 spiro atoms. The van der Waals surface area contributed by atoms with Crippen molar-refractivity contribution in [3.8, 4) is 0 Å². The predicted molar refractivity (Wildman–Crippen MR) is 65.6 cm³/mol. The molecule has 1 aliphatic heterocycles. The molecule has 0 atom stereocenters. The third-order valence-corrected chi connectivity index (χ3v) is 3.05. The molecular weight excluding hydrogens is 244 g/mol. The van der Waals surface area contributed by atoms with Crippen LogP contribution in [-0.2, 0) is 4.74 Å². The largest absolute Gasteiger partial charge is 0.382 e. The molecule has 17 heavy (non-hydrogen) atoms. The normalized spacial score (nSPS) is 16.8. The van der Waals surface area contributed by atoms with Crippen LogP contribution in [0, 0.1) is 10.1 Å². The summed E-state index contributed by atoms with van der Waals surface area (Å²) in [6.07, 6.45) is 1.83. The number of rotatable bonds is 3. The highest BCUT2D eigenvalue weighted by Gasteiger charge is 2.16. The van der Waals surface area contributed by atoms with Gasteiger partial charge in [-0.25, -0.2) is 0 Å². The number of nitrogens with zero attached hydrogens (tertiary/aromatic N) is 1. The Kier molecular flexibility index (Phi) is 3.81. The first kappa shape index (κ1) is 12.1. The number of hydrogen-bond donors (Lipinski definition) is 1. The molecule has 0 bridgehead atoms. The number of nitro benzene ring substituents is 1. The molecule has 1 heterocycles.